The van der Waals surface area contributed by atoms with Gasteiger partial charge in [0.15, 0.2) is 0 Å². The van der Waals surface area contributed by atoms with E-state index in [0.29, 0.717) is 22.8 Å². The van der Waals surface area contributed by atoms with Gasteiger partial charge in [-0.2, -0.15) is 10.1 Å². The van der Waals surface area contributed by atoms with Gasteiger partial charge in [0.2, 0.25) is 0 Å². The lowest BCUT2D eigenvalue weighted by molar-refractivity contribution is -0.384. The van der Waals surface area contributed by atoms with E-state index in [1.54, 1.807) is 12.1 Å². The average Bonchev–Trinajstić information content (AvgIpc) is 3.51. The number of hydrogen-bond acceptors (Lipinski definition) is 7. The van der Waals surface area contributed by atoms with E-state index in [2.05, 4.69) is 5.10 Å². The molecule has 5 rings (SSSR count). The Hall–Kier alpha value is -3.75. The highest BCUT2D eigenvalue weighted by Crippen LogP contribution is 2.52. The van der Waals surface area contributed by atoms with Crippen molar-refractivity contribution in [2.75, 3.05) is 7.11 Å². The molecule has 9 heteroatoms. The van der Waals surface area contributed by atoms with Crippen molar-refractivity contribution < 1.29 is 23.7 Å². The van der Waals surface area contributed by atoms with Crippen molar-refractivity contribution in [1.82, 2.24) is 5.01 Å². The molecule has 30 heavy (non-hydrogen) atoms. The van der Waals surface area contributed by atoms with Gasteiger partial charge < -0.3 is 9.15 Å². The first-order valence-electron chi connectivity index (χ1n) is 9.50. The Bertz CT molecular complexity index is 1100. The van der Waals surface area contributed by atoms with Crippen LogP contribution < -0.4 is 4.74 Å². The lowest BCUT2D eigenvalue weighted by Gasteiger charge is -2.13. The van der Waals surface area contributed by atoms with E-state index in [1.807, 2.05) is 12.2 Å². The Kier molecular flexibility index (Phi) is 4.05. The number of furan rings is 1. The first kappa shape index (κ1) is 18.3. The Morgan fingerprint density at radius 3 is 2.50 bits per heavy atom. The second-order valence-electron chi connectivity index (χ2n) is 7.58. The van der Waals surface area contributed by atoms with Crippen molar-refractivity contribution in [1.29, 1.82) is 0 Å². The molecule has 152 valence electrons. The maximum Gasteiger partial charge on any atom is 0.273 e. The summed E-state index contributed by atoms with van der Waals surface area (Å²) >= 11 is 0. The summed E-state index contributed by atoms with van der Waals surface area (Å²) < 4.78 is 11.0. The van der Waals surface area contributed by atoms with Crippen LogP contribution >= 0.6 is 0 Å². The third-order valence-corrected chi connectivity index (χ3v) is 6.04. The van der Waals surface area contributed by atoms with E-state index in [4.69, 9.17) is 9.15 Å². The van der Waals surface area contributed by atoms with E-state index in [1.165, 1.54) is 31.5 Å². The van der Waals surface area contributed by atoms with E-state index in [-0.39, 0.29) is 41.2 Å². The summed E-state index contributed by atoms with van der Waals surface area (Å²) in [5.74, 6) is 0.169. The number of imide groups is 1. The van der Waals surface area contributed by atoms with E-state index >= 15 is 0 Å². The summed E-state index contributed by atoms with van der Waals surface area (Å²) in [6.07, 6.45) is 6.25. The Morgan fingerprint density at radius 2 is 1.87 bits per heavy atom. The third kappa shape index (κ3) is 2.66. The smallest absolute Gasteiger partial charge is 0.273 e. The van der Waals surface area contributed by atoms with Gasteiger partial charge in [-0.15, -0.1) is 0 Å². The second kappa shape index (κ2) is 6.65. The number of amides is 2. The lowest BCUT2D eigenvalue weighted by atomic mass is 9.85. The minimum atomic E-state index is -0.506. The van der Waals surface area contributed by atoms with Gasteiger partial charge in [-0.05, 0) is 36.5 Å². The van der Waals surface area contributed by atoms with Crippen LogP contribution in [0.5, 0.6) is 5.75 Å². The number of ether oxygens (including phenoxy) is 1. The Morgan fingerprint density at radius 1 is 1.17 bits per heavy atom. The highest BCUT2D eigenvalue weighted by Gasteiger charge is 2.59. The fraction of sp³-hybridized carbons (Fsp3) is 0.286. The van der Waals surface area contributed by atoms with Crippen molar-refractivity contribution in [2.24, 2.45) is 28.8 Å². The highest BCUT2D eigenvalue weighted by atomic mass is 16.6. The maximum atomic E-state index is 12.7. The first-order valence-corrected chi connectivity index (χ1v) is 9.50. The molecule has 2 aromatic rings. The number of benzene rings is 1. The molecule has 1 saturated heterocycles. The number of allylic oxidation sites excluding steroid dienone is 2. The van der Waals surface area contributed by atoms with Crippen LogP contribution in [0.15, 0.2) is 52.0 Å². The first-order chi connectivity index (χ1) is 14.5. The monoisotopic (exact) mass is 407 g/mol. The Labute approximate surface area is 170 Å². The number of nitrogens with zero attached hydrogens (tertiary/aromatic N) is 3. The molecule has 0 unspecified atom stereocenters. The Balaban J connectivity index is 1.37. The summed E-state index contributed by atoms with van der Waals surface area (Å²) in [7, 11) is 1.41. The predicted octanol–water partition coefficient (Wildman–Crippen LogP) is 3.00. The number of carbonyl (C=O) groups excluding carboxylic acids is 2. The predicted molar refractivity (Wildman–Crippen MR) is 105 cm³/mol. The van der Waals surface area contributed by atoms with Gasteiger partial charge in [0, 0.05) is 6.07 Å². The average molecular weight is 407 g/mol. The summed E-state index contributed by atoms with van der Waals surface area (Å²) in [4.78, 5) is 35.8. The molecule has 9 nitrogen and oxygen atoms in total. The molecular formula is C21H17N3O6. The van der Waals surface area contributed by atoms with Crippen LogP contribution in [0, 0.1) is 33.8 Å². The summed E-state index contributed by atoms with van der Waals surface area (Å²) in [5.41, 5.74) is 0.442. The number of carbonyl (C=O) groups is 2. The molecule has 0 radical (unpaired) electrons. The topological polar surface area (TPSA) is 115 Å². The molecule has 2 bridgehead atoms. The van der Waals surface area contributed by atoms with Crippen molar-refractivity contribution in [3.05, 3.63) is 58.4 Å². The summed E-state index contributed by atoms with van der Waals surface area (Å²) in [6.45, 7) is 0. The van der Waals surface area contributed by atoms with Gasteiger partial charge >= 0.3 is 0 Å². The number of hydrazone groups is 1. The molecule has 2 heterocycles. The molecule has 1 aromatic heterocycles. The number of nitro benzene ring substituents is 1. The largest absolute Gasteiger partial charge is 0.496 e. The minimum absolute atomic E-state index is 0.0935. The van der Waals surface area contributed by atoms with E-state index in [0.717, 1.165) is 11.4 Å². The number of non-ortho nitro benzene ring substituents is 1. The summed E-state index contributed by atoms with van der Waals surface area (Å²) in [5, 5.41) is 16.0. The van der Waals surface area contributed by atoms with Crippen LogP contribution in [0.3, 0.4) is 0 Å². The van der Waals surface area contributed by atoms with Crippen LogP contribution in [0.25, 0.3) is 11.3 Å². The van der Waals surface area contributed by atoms with Gasteiger partial charge in [-0.25, -0.2) is 0 Å². The zero-order valence-electron chi connectivity index (χ0n) is 15.9. The summed E-state index contributed by atoms with van der Waals surface area (Å²) in [6, 6.07) is 7.51. The standard InChI is InChI=1S/C21H17N3O6/c1-29-17-9-13(24(27)28)4-6-15(17)16-7-5-14(30-16)10-22-23-20(25)18-11-2-3-12(8-11)19(18)21(23)26/h2-7,9-12,18-19H,8H2,1H3/b22-10-/t11-,12-,18-,19+/m0/s1. The zero-order chi connectivity index (χ0) is 21.0. The van der Waals surface area contributed by atoms with Crippen LogP contribution in [0.4, 0.5) is 5.69 Å². The molecule has 0 spiro atoms. The highest BCUT2D eigenvalue weighted by molar-refractivity contribution is 6.06. The molecule has 2 aliphatic carbocycles. The number of hydrogen-bond donors (Lipinski definition) is 0. The molecule has 1 aromatic carbocycles. The van der Waals surface area contributed by atoms with Crippen molar-refractivity contribution in [3.63, 3.8) is 0 Å². The molecule has 0 N–H and O–H groups in total. The van der Waals surface area contributed by atoms with Gasteiger partial charge in [0.05, 0.1) is 41.7 Å². The molecule has 2 fully saturated rings. The van der Waals surface area contributed by atoms with E-state index in [9.17, 15) is 19.7 Å². The number of nitro groups is 1. The minimum Gasteiger partial charge on any atom is -0.496 e. The van der Waals surface area contributed by atoms with Crippen LogP contribution in [-0.4, -0.2) is 35.1 Å². The molecule has 1 saturated carbocycles. The number of fused-ring (bicyclic) bond motifs is 5. The molecule has 2 amide bonds. The second-order valence-corrected chi connectivity index (χ2v) is 7.58. The SMILES string of the molecule is COc1cc([N+](=O)[O-])ccc1-c1ccc(/C=N\N2C(=O)[C@@H]3[C@H](C2=O)[C@H]2C=C[C@H]3C2)o1. The fourth-order valence-corrected chi connectivity index (χ4v) is 4.68. The van der Waals surface area contributed by atoms with Gasteiger partial charge in [-0.1, -0.05) is 12.2 Å². The molecule has 4 atom stereocenters. The fourth-order valence-electron chi connectivity index (χ4n) is 4.68. The van der Waals surface area contributed by atoms with Gasteiger partial charge in [0.25, 0.3) is 17.5 Å². The van der Waals surface area contributed by atoms with Gasteiger partial charge in [0.1, 0.15) is 17.3 Å². The van der Waals surface area contributed by atoms with Crippen molar-refractivity contribution in [3.8, 4) is 17.1 Å². The van der Waals surface area contributed by atoms with Crippen molar-refractivity contribution in [2.45, 2.75) is 6.42 Å². The zero-order valence-corrected chi connectivity index (χ0v) is 15.9. The molecular weight excluding hydrogens is 390 g/mol. The van der Waals surface area contributed by atoms with Gasteiger partial charge in [-0.3, -0.25) is 19.7 Å². The normalized spacial score (nSPS) is 26.8. The van der Waals surface area contributed by atoms with Crippen molar-refractivity contribution >= 4 is 23.7 Å². The van der Waals surface area contributed by atoms with Crippen LogP contribution in [0.1, 0.15) is 12.2 Å². The molecule has 3 aliphatic rings. The number of rotatable bonds is 5. The number of methoxy groups -OCH3 is 1. The van der Waals surface area contributed by atoms with E-state index < -0.39 is 4.92 Å². The third-order valence-electron chi connectivity index (χ3n) is 6.04. The lowest BCUT2D eigenvalue weighted by Crippen LogP contribution is -2.28. The van der Waals surface area contributed by atoms with Crippen LogP contribution in [0.2, 0.25) is 0 Å². The van der Waals surface area contributed by atoms with Crippen LogP contribution in [-0.2, 0) is 9.59 Å². The molecule has 1 aliphatic heterocycles. The maximum absolute atomic E-state index is 12.7. The quantitative estimate of drug-likeness (QED) is 0.247.